The van der Waals surface area contributed by atoms with Crippen LogP contribution in [0.5, 0.6) is 5.75 Å². The van der Waals surface area contributed by atoms with E-state index in [2.05, 4.69) is 5.32 Å². The molecular weight excluding hydrogens is 372 g/mol. The Morgan fingerprint density at radius 3 is 1.67 bits per heavy atom. The summed E-state index contributed by atoms with van der Waals surface area (Å²) in [7, 11) is -4.00. The van der Waals surface area contributed by atoms with Gasteiger partial charge in [0, 0.05) is 11.1 Å². The smallest absolute Gasteiger partial charge is 0.339 e. The molecule has 0 radical (unpaired) electrons. The molecular formula is C20H18F2NO3S+. The van der Waals surface area contributed by atoms with Gasteiger partial charge in [0.25, 0.3) is 0 Å². The molecule has 140 valence electrons. The minimum absolute atomic E-state index is 0.111. The standard InChI is InChI=1S/C20H17F2NO3S/c21-17-5-1-15(2-6-17)13-23-14-16-3-9-19(10-4-16)26-27(24,25)20-11-7-18(22)8-12-20/h1-12,23H,13-14H2/p+1. The summed E-state index contributed by atoms with van der Waals surface area (Å²) in [5, 5.41) is 2.05. The molecule has 0 bridgehead atoms. The minimum Gasteiger partial charge on any atom is -0.379 e. The van der Waals surface area contributed by atoms with Crippen LogP contribution in [0.3, 0.4) is 0 Å². The van der Waals surface area contributed by atoms with Crippen molar-refractivity contribution >= 4 is 10.1 Å². The van der Waals surface area contributed by atoms with Gasteiger partial charge in [0.15, 0.2) is 0 Å². The van der Waals surface area contributed by atoms with Crippen LogP contribution in [0.4, 0.5) is 8.78 Å². The number of benzene rings is 3. The quantitative estimate of drug-likeness (QED) is 0.631. The first-order valence-electron chi connectivity index (χ1n) is 8.27. The van der Waals surface area contributed by atoms with Crippen molar-refractivity contribution in [2.24, 2.45) is 0 Å². The first-order valence-corrected chi connectivity index (χ1v) is 9.68. The Morgan fingerprint density at radius 1 is 0.704 bits per heavy atom. The molecule has 0 heterocycles. The minimum atomic E-state index is -4.00. The van der Waals surface area contributed by atoms with Gasteiger partial charge in [-0.1, -0.05) is 12.1 Å². The fraction of sp³-hybridized carbons (Fsp3) is 0.100. The lowest BCUT2D eigenvalue weighted by atomic mass is 10.2. The zero-order valence-electron chi connectivity index (χ0n) is 14.3. The Kier molecular flexibility index (Phi) is 5.83. The number of halogens is 2. The highest BCUT2D eigenvalue weighted by atomic mass is 32.2. The predicted octanol–water partition coefficient (Wildman–Crippen LogP) is 3.00. The summed E-state index contributed by atoms with van der Waals surface area (Å²) in [6, 6.07) is 17.5. The Hall–Kier alpha value is -2.77. The lowest BCUT2D eigenvalue weighted by Gasteiger charge is -2.08. The van der Waals surface area contributed by atoms with Crippen molar-refractivity contribution in [3.8, 4) is 5.75 Å². The van der Waals surface area contributed by atoms with E-state index in [-0.39, 0.29) is 16.5 Å². The fourth-order valence-corrected chi connectivity index (χ4v) is 3.41. The molecule has 0 saturated carbocycles. The molecule has 7 heteroatoms. The molecule has 4 nitrogen and oxygen atoms in total. The third-order valence-electron chi connectivity index (χ3n) is 3.90. The average Bonchev–Trinajstić information content (AvgIpc) is 2.65. The van der Waals surface area contributed by atoms with Crippen molar-refractivity contribution in [1.82, 2.24) is 0 Å². The second-order valence-electron chi connectivity index (χ2n) is 5.96. The van der Waals surface area contributed by atoms with Gasteiger partial charge in [-0.15, -0.1) is 0 Å². The molecule has 0 unspecified atom stereocenters. The number of rotatable bonds is 7. The molecule has 0 atom stereocenters. The highest BCUT2D eigenvalue weighted by molar-refractivity contribution is 7.87. The molecule has 0 saturated heterocycles. The van der Waals surface area contributed by atoms with Crippen LogP contribution in [-0.4, -0.2) is 8.42 Å². The summed E-state index contributed by atoms with van der Waals surface area (Å²) in [4.78, 5) is -0.111. The van der Waals surface area contributed by atoms with Gasteiger partial charge < -0.3 is 9.50 Å². The van der Waals surface area contributed by atoms with E-state index >= 15 is 0 Å². The van der Waals surface area contributed by atoms with Crippen LogP contribution in [0.15, 0.2) is 77.7 Å². The molecule has 3 rings (SSSR count). The maximum atomic E-state index is 12.9. The second kappa shape index (κ2) is 8.28. The number of nitrogens with two attached hydrogens (primary N) is 1. The maximum absolute atomic E-state index is 12.9. The highest BCUT2D eigenvalue weighted by Gasteiger charge is 2.16. The van der Waals surface area contributed by atoms with Gasteiger partial charge in [0.05, 0.1) is 0 Å². The fourth-order valence-electron chi connectivity index (χ4n) is 2.48. The predicted molar refractivity (Wildman–Crippen MR) is 96.4 cm³/mol. The van der Waals surface area contributed by atoms with Crippen LogP contribution in [-0.2, 0) is 23.2 Å². The SMILES string of the molecule is O=S(=O)(Oc1ccc(C[NH2+]Cc2ccc(F)cc2)cc1)c1ccc(F)cc1. The van der Waals surface area contributed by atoms with E-state index in [1.807, 2.05) is 0 Å². The third kappa shape index (κ3) is 5.35. The zero-order valence-corrected chi connectivity index (χ0v) is 15.1. The summed E-state index contributed by atoms with van der Waals surface area (Å²) in [6.45, 7) is 1.39. The zero-order chi connectivity index (χ0) is 19.3. The van der Waals surface area contributed by atoms with Crippen LogP contribution in [0, 0.1) is 11.6 Å². The van der Waals surface area contributed by atoms with Crippen molar-refractivity contribution in [3.05, 3.63) is 95.6 Å². The highest BCUT2D eigenvalue weighted by Crippen LogP contribution is 2.19. The number of hydrogen-bond donors (Lipinski definition) is 1. The summed E-state index contributed by atoms with van der Waals surface area (Å²) in [6.07, 6.45) is 0. The lowest BCUT2D eigenvalue weighted by Crippen LogP contribution is -2.80. The average molecular weight is 390 g/mol. The molecule has 3 aromatic rings. The molecule has 0 amide bonds. The van der Waals surface area contributed by atoms with Crippen LogP contribution < -0.4 is 9.50 Å². The topological polar surface area (TPSA) is 60.0 Å². The molecule has 0 aliphatic rings. The lowest BCUT2D eigenvalue weighted by molar-refractivity contribution is -0.686. The van der Waals surface area contributed by atoms with E-state index in [9.17, 15) is 17.2 Å². The van der Waals surface area contributed by atoms with Gasteiger partial charge in [-0.3, -0.25) is 0 Å². The Morgan fingerprint density at radius 2 is 1.15 bits per heavy atom. The number of quaternary nitrogens is 1. The summed E-state index contributed by atoms with van der Waals surface area (Å²) < 4.78 is 55.2. The molecule has 3 aromatic carbocycles. The van der Waals surface area contributed by atoms with Crippen molar-refractivity contribution in [1.29, 1.82) is 0 Å². The van der Waals surface area contributed by atoms with Crippen LogP contribution in [0.1, 0.15) is 11.1 Å². The molecule has 0 aromatic heterocycles. The number of hydrogen-bond acceptors (Lipinski definition) is 3. The first kappa shape index (κ1) is 19.0. The molecule has 2 N–H and O–H groups in total. The van der Waals surface area contributed by atoms with Crippen molar-refractivity contribution in [2.75, 3.05) is 0 Å². The molecule has 0 spiro atoms. The van der Waals surface area contributed by atoms with Gasteiger partial charge in [0.1, 0.15) is 35.4 Å². The van der Waals surface area contributed by atoms with E-state index in [1.165, 1.54) is 12.1 Å². The van der Waals surface area contributed by atoms with Gasteiger partial charge in [0.2, 0.25) is 0 Å². The Bertz CT molecular complexity index is 987. The monoisotopic (exact) mass is 390 g/mol. The van der Waals surface area contributed by atoms with Crippen LogP contribution in [0.25, 0.3) is 0 Å². The van der Waals surface area contributed by atoms with E-state index in [0.29, 0.717) is 13.1 Å². The van der Waals surface area contributed by atoms with Crippen LogP contribution >= 0.6 is 0 Å². The van der Waals surface area contributed by atoms with E-state index in [0.717, 1.165) is 35.4 Å². The Labute approximate surface area is 156 Å². The summed E-state index contributed by atoms with van der Waals surface area (Å²) in [5.41, 5.74) is 2.00. The van der Waals surface area contributed by atoms with Crippen LogP contribution in [0.2, 0.25) is 0 Å². The largest absolute Gasteiger partial charge is 0.379 e. The van der Waals surface area contributed by atoms with E-state index in [1.54, 1.807) is 36.4 Å². The molecule has 0 aliphatic heterocycles. The molecule has 0 fully saturated rings. The van der Waals surface area contributed by atoms with E-state index < -0.39 is 15.9 Å². The van der Waals surface area contributed by atoms with Crippen molar-refractivity contribution in [2.45, 2.75) is 18.0 Å². The van der Waals surface area contributed by atoms with Crippen molar-refractivity contribution in [3.63, 3.8) is 0 Å². The third-order valence-corrected chi connectivity index (χ3v) is 5.17. The van der Waals surface area contributed by atoms with Gasteiger partial charge in [-0.25, -0.2) is 8.78 Å². The molecule has 27 heavy (non-hydrogen) atoms. The normalized spacial score (nSPS) is 11.3. The van der Waals surface area contributed by atoms with E-state index in [4.69, 9.17) is 4.18 Å². The summed E-state index contributed by atoms with van der Waals surface area (Å²) >= 11 is 0. The van der Waals surface area contributed by atoms with Gasteiger partial charge in [-0.05, 0) is 60.7 Å². The molecule has 0 aliphatic carbocycles. The summed E-state index contributed by atoms with van der Waals surface area (Å²) in [5.74, 6) is -0.596. The maximum Gasteiger partial charge on any atom is 0.339 e. The first-order chi connectivity index (χ1) is 12.9. The van der Waals surface area contributed by atoms with Crippen molar-refractivity contribution < 1.29 is 26.7 Å². The second-order valence-corrected chi connectivity index (χ2v) is 7.51. The van der Waals surface area contributed by atoms with Gasteiger partial charge in [-0.2, -0.15) is 8.42 Å². The Balaban J connectivity index is 1.56. The van der Waals surface area contributed by atoms with Gasteiger partial charge >= 0.3 is 10.1 Å².